The third kappa shape index (κ3) is 5.78. The molecule has 2 aromatic carbocycles. The van der Waals surface area contributed by atoms with Crippen LogP contribution in [0, 0.1) is 5.92 Å². The van der Waals surface area contributed by atoms with Crippen LogP contribution in [-0.2, 0) is 25.5 Å². The normalized spacial score (nSPS) is 15.8. The number of amides is 2. The third-order valence-electron chi connectivity index (χ3n) is 4.83. The molecule has 0 spiro atoms. The summed E-state index contributed by atoms with van der Waals surface area (Å²) in [6, 6.07) is 12.8. The van der Waals surface area contributed by atoms with Crippen molar-refractivity contribution in [3.8, 4) is 5.75 Å². The van der Waals surface area contributed by atoms with Crippen LogP contribution in [0.3, 0.4) is 0 Å². The van der Waals surface area contributed by atoms with Crippen molar-refractivity contribution < 1.29 is 32.6 Å². The maximum atomic E-state index is 12.4. The van der Waals surface area contributed by atoms with Crippen molar-refractivity contribution in [2.75, 3.05) is 23.4 Å². The van der Waals surface area contributed by atoms with Gasteiger partial charge in [0.1, 0.15) is 5.75 Å². The number of rotatable bonds is 8. The second kappa shape index (κ2) is 10.0. The molecule has 164 valence electrons. The molecule has 1 fully saturated rings. The number of ether oxygens (including phenoxy) is 2. The highest BCUT2D eigenvalue weighted by Crippen LogP contribution is 2.29. The Morgan fingerprint density at radius 1 is 1.16 bits per heavy atom. The lowest BCUT2D eigenvalue weighted by Crippen LogP contribution is -2.28. The summed E-state index contributed by atoms with van der Waals surface area (Å²) in [5, 5.41) is 2.49. The fourth-order valence-corrected chi connectivity index (χ4v) is 3.34. The van der Waals surface area contributed by atoms with E-state index in [4.69, 9.17) is 4.74 Å². The fourth-order valence-electron chi connectivity index (χ4n) is 3.34. The number of esters is 1. The number of benzene rings is 2. The molecule has 2 amide bonds. The molecule has 0 aromatic heterocycles. The summed E-state index contributed by atoms with van der Waals surface area (Å²) >= 11 is 0. The van der Waals surface area contributed by atoms with Gasteiger partial charge in [0.15, 0.2) is 6.61 Å². The Hall–Kier alpha value is -3.49. The SMILES string of the molecule is CCc1ccccc1N1C[C@@H](C(=O)OCC(=O)Nc2ccc(OC(F)F)cc2)CC1=O. The van der Waals surface area contributed by atoms with Crippen molar-refractivity contribution in [1.29, 1.82) is 0 Å². The number of alkyl halides is 2. The van der Waals surface area contributed by atoms with Crippen molar-refractivity contribution in [2.45, 2.75) is 26.4 Å². The predicted molar refractivity (Wildman–Crippen MR) is 109 cm³/mol. The van der Waals surface area contributed by atoms with E-state index >= 15 is 0 Å². The quantitative estimate of drug-likeness (QED) is 0.647. The number of carbonyl (C=O) groups excluding carboxylic acids is 3. The average Bonchev–Trinajstić information content (AvgIpc) is 3.14. The zero-order valence-electron chi connectivity index (χ0n) is 16.8. The Kier molecular flexibility index (Phi) is 7.17. The van der Waals surface area contributed by atoms with E-state index in [-0.39, 0.29) is 24.6 Å². The first-order chi connectivity index (χ1) is 14.9. The molecule has 9 heteroatoms. The minimum atomic E-state index is -2.94. The molecule has 1 aliphatic heterocycles. The van der Waals surface area contributed by atoms with Crippen LogP contribution in [-0.4, -0.2) is 37.5 Å². The molecule has 0 aliphatic carbocycles. The summed E-state index contributed by atoms with van der Waals surface area (Å²) in [6.45, 7) is -1.27. The first kappa shape index (κ1) is 22.2. The summed E-state index contributed by atoms with van der Waals surface area (Å²) in [6.07, 6.45) is 0.772. The molecular formula is C22H22F2N2O5. The highest BCUT2D eigenvalue weighted by molar-refractivity contribution is 6.00. The standard InChI is InChI=1S/C22H22F2N2O5/c1-2-14-5-3-4-6-18(14)26-12-15(11-20(26)28)21(29)30-13-19(27)25-16-7-9-17(10-8-16)31-22(23)24/h3-10,15,22H,2,11-13H2,1H3,(H,25,27)/t15-/m0/s1. The van der Waals surface area contributed by atoms with E-state index in [2.05, 4.69) is 10.1 Å². The minimum Gasteiger partial charge on any atom is -0.455 e. The molecule has 1 saturated heterocycles. The monoisotopic (exact) mass is 432 g/mol. The summed E-state index contributed by atoms with van der Waals surface area (Å²) in [7, 11) is 0. The van der Waals surface area contributed by atoms with Crippen LogP contribution in [0.1, 0.15) is 18.9 Å². The van der Waals surface area contributed by atoms with Crippen molar-refractivity contribution >= 4 is 29.2 Å². The van der Waals surface area contributed by atoms with Gasteiger partial charge in [-0.1, -0.05) is 25.1 Å². The fraction of sp³-hybridized carbons (Fsp3) is 0.318. The summed E-state index contributed by atoms with van der Waals surface area (Å²) in [5.41, 5.74) is 2.12. The van der Waals surface area contributed by atoms with Gasteiger partial charge in [-0.25, -0.2) is 0 Å². The number of halogens is 2. The van der Waals surface area contributed by atoms with E-state index < -0.39 is 31.0 Å². The van der Waals surface area contributed by atoms with Gasteiger partial charge in [-0.15, -0.1) is 0 Å². The number of hydrogen-bond acceptors (Lipinski definition) is 5. The molecule has 0 bridgehead atoms. The van der Waals surface area contributed by atoms with Gasteiger partial charge in [-0.2, -0.15) is 8.78 Å². The van der Waals surface area contributed by atoms with Crippen LogP contribution in [0.4, 0.5) is 20.2 Å². The number of anilines is 2. The highest BCUT2D eigenvalue weighted by atomic mass is 19.3. The van der Waals surface area contributed by atoms with Gasteiger partial charge in [0, 0.05) is 24.3 Å². The first-order valence-electron chi connectivity index (χ1n) is 9.77. The van der Waals surface area contributed by atoms with Crippen molar-refractivity contribution in [3.63, 3.8) is 0 Å². The van der Waals surface area contributed by atoms with Crippen LogP contribution in [0.15, 0.2) is 48.5 Å². The van der Waals surface area contributed by atoms with Gasteiger partial charge < -0.3 is 19.7 Å². The Morgan fingerprint density at radius 2 is 1.87 bits per heavy atom. The molecular weight excluding hydrogens is 410 g/mol. The van der Waals surface area contributed by atoms with Gasteiger partial charge in [-0.3, -0.25) is 14.4 Å². The first-order valence-corrected chi connectivity index (χ1v) is 9.77. The lowest BCUT2D eigenvalue weighted by atomic mass is 10.1. The van der Waals surface area contributed by atoms with Crippen LogP contribution >= 0.6 is 0 Å². The maximum absolute atomic E-state index is 12.4. The van der Waals surface area contributed by atoms with Gasteiger partial charge >= 0.3 is 12.6 Å². The highest BCUT2D eigenvalue weighted by Gasteiger charge is 2.37. The summed E-state index contributed by atoms with van der Waals surface area (Å²) in [5.74, 6) is -2.08. The molecule has 3 rings (SSSR count). The third-order valence-corrected chi connectivity index (χ3v) is 4.83. The van der Waals surface area contributed by atoms with E-state index in [1.54, 1.807) is 4.90 Å². The van der Waals surface area contributed by atoms with Crippen LogP contribution in [0.2, 0.25) is 0 Å². The molecule has 0 unspecified atom stereocenters. The smallest absolute Gasteiger partial charge is 0.387 e. The molecule has 1 N–H and O–H groups in total. The van der Waals surface area contributed by atoms with Crippen LogP contribution in [0.25, 0.3) is 0 Å². The zero-order chi connectivity index (χ0) is 22.4. The van der Waals surface area contributed by atoms with E-state index in [0.717, 1.165) is 17.7 Å². The van der Waals surface area contributed by atoms with E-state index in [1.807, 2.05) is 31.2 Å². The zero-order valence-corrected chi connectivity index (χ0v) is 16.8. The van der Waals surface area contributed by atoms with Crippen LogP contribution < -0.4 is 15.0 Å². The van der Waals surface area contributed by atoms with Crippen molar-refractivity contribution in [2.24, 2.45) is 5.92 Å². The molecule has 0 saturated carbocycles. The predicted octanol–water partition coefficient (Wildman–Crippen LogP) is 3.39. The van der Waals surface area contributed by atoms with Crippen LogP contribution in [0.5, 0.6) is 5.75 Å². The van der Waals surface area contributed by atoms with E-state index in [1.165, 1.54) is 24.3 Å². The second-order valence-electron chi connectivity index (χ2n) is 6.95. The van der Waals surface area contributed by atoms with Gasteiger partial charge in [0.25, 0.3) is 5.91 Å². The maximum Gasteiger partial charge on any atom is 0.387 e. The molecule has 1 atom stereocenters. The average molecular weight is 432 g/mol. The van der Waals surface area contributed by atoms with Crippen molar-refractivity contribution in [3.05, 3.63) is 54.1 Å². The number of carbonyl (C=O) groups is 3. The summed E-state index contributed by atoms with van der Waals surface area (Å²) in [4.78, 5) is 38.4. The molecule has 0 radical (unpaired) electrons. The topological polar surface area (TPSA) is 84.9 Å². The Morgan fingerprint density at radius 3 is 2.55 bits per heavy atom. The Bertz CT molecular complexity index is 949. The number of nitrogens with zero attached hydrogens (tertiary/aromatic N) is 1. The largest absolute Gasteiger partial charge is 0.455 e. The lowest BCUT2D eigenvalue weighted by Gasteiger charge is -2.19. The van der Waals surface area contributed by atoms with Gasteiger partial charge in [0.05, 0.1) is 5.92 Å². The number of nitrogens with one attached hydrogen (secondary N) is 1. The molecule has 7 nitrogen and oxygen atoms in total. The number of aryl methyl sites for hydroxylation is 1. The van der Waals surface area contributed by atoms with Gasteiger partial charge in [-0.05, 0) is 42.3 Å². The minimum absolute atomic E-state index is 0.0180. The molecule has 1 heterocycles. The summed E-state index contributed by atoms with van der Waals surface area (Å²) < 4.78 is 33.6. The van der Waals surface area contributed by atoms with Gasteiger partial charge in [0.2, 0.25) is 5.91 Å². The molecule has 2 aromatic rings. The van der Waals surface area contributed by atoms with E-state index in [0.29, 0.717) is 5.69 Å². The molecule has 31 heavy (non-hydrogen) atoms. The second-order valence-corrected chi connectivity index (χ2v) is 6.95. The lowest BCUT2D eigenvalue weighted by molar-refractivity contribution is -0.151. The Labute approximate surface area is 177 Å². The number of hydrogen-bond donors (Lipinski definition) is 1. The van der Waals surface area contributed by atoms with E-state index in [9.17, 15) is 23.2 Å². The van der Waals surface area contributed by atoms with Crippen molar-refractivity contribution in [1.82, 2.24) is 0 Å². The molecule has 1 aliphatic rings. The number of para-hydroxylation sites is 1. The Balaban J connectivity index is 1.50.